The second-order valence-electron chi connectivity index (χ2n) is 5.65. The van der Waals surface area contributed by atoms with Gasteiger partial charge < -0.3 is 5.32 Å². The third kappa shape index (κ3) is 2.80. The zero-order valence-electron chi connectivity index (χ0n) is 13.1. The lowest BCUT2D eigenvalue weighted by Crippen LogP contribution is -2.30. The second kappa shape index (κ2) is 6.31. The van der Waals surface area contributed by atoms with Crippen molar-refractivity contribution in [1.29, 1.82) is 0 Å². The average Bonchev–Trinajstić information content (AvgIpc) is 2.90. The monoisotopic (exact) mass is 364 g/mol. The summed E-state index contributed by atoms with van der Waals surface area (Å²) < 4.78 is 0. The van der Waals surface area contributed by atoms with Crippen LogP contribution in [0.25, 0.3) is 16.8 Å². The van der Waals surface area contributed by atoms with Crippen LogP contribution >= 0.6 is 23.8 Å². The molecule has 3 aromatic rings. The number of anilines is 1. The maximum atomic E-state index is 12.9. The van der Waals surface area contributed by atoms with E-state index in [9.17, 15) is 4.79 Å². The minimum absolute atomic E-state index is 0.217. The van der Waals surface area contributed by atoms with Crippen LogP contribution in [0, 0.1) is 0 Å². The minimum Gasteiger partial charge on any atom is -0.327 e. The first kappa shape index (κ1) is 15.8. The lowest BCUT2D eigenvalue weighted by Gasteiger charge is -2.15. The molecule has 3 nitrogen and oxygen atoms in total. The fourth-order valence-corrected chi connectivity index (χ4v) is 3.43. The minimum atomic E-state index is -0.217. The molecule has 0 radical (unpaired) electrons. The molecule has 0 saturated carbocycles. The zero-order valence-corrected chi connectivity index (χ0v) is 14.6. The van der Waals surface area contributed by atoms with Crippen LogP contribution in [0.4, 0.5) is 5.69 Å². The Morgan fingerprint density at radius 3 is 2.52 bits per heavy atom. The topological polar surface area (TPSA) is 32.3 Å². The van der Waals surface area contributed by atoms with Crippen LogP contribution in [-0.2, 0) is 4.79 Å². The van der Waals surface area contributed by atoms with E-state index in [0.717, 1.165) is 16.3 Å². The highest BCUT2D eigenvalue weighted by molar-refractivity contribution is 7.80. The van der Waals surface area contributed by atoms with Gasteiger partial charge in [0.05, 0.1) is 10.7 Å². The molecule has 0 unspecified atom stereocenters. The van der Waals surface area contributed by atoms with E-state index in [1.807, 2.05) is 60.7 Å². The van der Waals surface area contributed by atoms with E-state index in [2.05, 4.69) is 5.32 Å². The number of rotatable bonds is 2. The van der Waals surface area contributed by atoms with E-state index in [0.29, 0.717) is 21.5 Å². The number of carbonyl (C=O) groups is 1. The summed E-state index contributed by atoms with van der Waals surface area (Å²) >= 11 is 11.6. The smallest absolute Gasteiger partial charge is 0.281 e. The molecule has 4 rings (SSSR count). The van der Waals surface area contributed by atoms with Gasteiger partial charge in [-0.15, -0.1) is 0 Å². The van der Waals surface area contributed by atoms with Crippen molar-refractivity contribution in [2.75, 3.05) is 4.90 Å². The largest absolute Gasteiger partial charge is 0.327 e. The van der Waals surface area contributed by atoms with Crippen LogP contribution in [0.3, 0.4) is 0 Å². The van der Waals surface area contributed by atoms with Gasteiger partial charge in [0.25, 0.3) is 5.91 Å². The number of nitrogens with zero attached hydrogens (tertiary/aromatic N) is 1. The van der Waals surface area contributed by atoms with Crippen LogP contribution in [0.2, 0.25) is 5.02 Å². The first-order valence-corrected chi connectivity index (χ1v) is 8.53. The number of carbonyl (C=O) groups excluding carboxylic acids is 1. The molecule has 25 heavy (non-hydrogen) atoms. The van der Waals surface area contributed by atoms with Crippen molar-refractivity contribution in [1.82, 2.24) is 5.32 Å². The molecule has 1 amide bonds. The number of amides is 1. The van der Waals surface area contributed by atoms with E-state index in [1.54, 1.807) is 12.1 Å². The number of halogens is 1. The number of hydrogen-bond acceptors (Lipinski definition) is 2. The van der Waals surface area contributed by atoms with Gasteiger partial charge in [0.1, 0.15) is 5.70 Å². The van der Waals surface area contributed by atoms with Crippen molar-refractivity contribution in [3.05, 3.63) is 83.0 Å². The Hall–Kier alpha value is -2.69. The number of hydrogen-bond donors (Lipinski definition) is 1. The predicted octanol–water partition coefficient (Wildman–Crippen LogP) is 4.76. The summed E-state index contributed by atoms with van der Waals surface area (Å²) in [5, 5.41) is 6.00. The van der Waals surface area contributed by atoms with Gasteiger partial charge in [-0.1, -0.05) is 66.2 Å². The molecule has 5 heteroatoms. The summed E-state index contributed by atoms with van der Waals surface area (Å²) in [4.78, 5) is 14.3. The quantitative estimate of drug-likeness (QED) is 0.526. The second-order valence-corrected chi connectivity index (χ2v) is 6.44. The van der Waals surface area contributed by atoms with Crippen LogP contribution in [0.15, 0.2) is 72.4 Å². The Morgan fingerprint density at radius 2 is 1.68 bits per heavy atom. The molecule has 1 saturated heterocycles. The third-order valence-corrected chi connectivity index (χ3v) is 4.70. The van der Waals surface area contributed by atoms with Gasteiger partial charge in [-0.3, -0.25) is 9.69 Å². The molecule has 1 heterocycles. The lowest BCUT2D eigenvalue weighted by molar-refractivity contribution is -0.113. The predicted molar refractivity (Wildman–Crippen MR) is 107 cm³/mol. The van der Waals surface area contributed by atoms with Gasteiger partial charge in [-0.25, -0.2) is 0 Å². The molecule has 0 atom stereocenters. The summed E-state index contributed by atoms with van der Waals surface area (Å²) in [5.41, 5.74) is 1.96. The van der Waals surface area contributed by atoms with E-state index in [-0.39, 0.29) is 5.91 Å². The summed E-state index contributed by atoms with van der Waals surface area (Å²) in [5.74, 6) is -0.217. The Balaban J connectivity index is 1.77. The van der Waals surface area contributed by atoms with Crippen molar-refractivity contribution in [2.24, 2.45) is 0 Å². The van der Waals surface area contributed by atoms with Gasteiger partial charge in [-0.05, 0) is 46.8 Å². The lowest BCUT2D eigenvalue weighted by atomic mass is 10.0. The first-order chi connectivity index (χ1) is 12.1. The standard InChI is InChI=1S/C20H13ClN2OS/c21-16-10-3-4-11-18(16)23-19(24)17(22-20(23)25)12-14-8-5-7-13-6-1-2-9-15(13)14/h1-12H,(H,22,25)/b17-12+. The van der Waals surface area contributed by atoms with Gasteiger partial charge in [-0.2, -0.15) is 0 Å². The van der Waals surface area contributed by atoms with Crippen molar-refractivity contribution < 1.29 is 4.79 Å². The fraction of sp³-hybridized carbons (Fsp3) is 0. The third-order valence-electron chi connectivity index (χ3n) is 4.09. The molecule has 1 aliphatic heterocycles. The molecule has 0 spiro atoms. The molecule has 1 fully saturated rings. The SMILES string of the molecule is O=C1/C(=C\c2cccc3ccccc23)NC(=S)N1c1ccccc1Cl. The van der Waals surface area contributed by atoms with E-state index >= 15 is 0 Å². The Bertz CT molecular complexity index is 1040. The summed E-state index contributed by atoms with van der Waals surface area (Å²) in [6.45, 7) is 0. The molecule has 122 valence electrons. The summed E-state index contributed by atoms with van der Waals surface area (Å²) in [6.07, 6.45) is 1.83. The van der Waals surface area contributed by atoms with E-state index < -0.39 is 0 Å². The molecule has 1 aliphatic rings. The molecule has 1 N–H and O–H groups in total. The molecule has 3 aromatic carbocycles. The maximum Gasteiger partial charge on any atom is 0.281 e. The summed E-state index contributed by atoms with van der Waals surface area (Å²) in [7, 11) is 0. The van der Waals surface area contributed by atoms with Crippen molar-refractivity contribution in [3.8, 4) is 0 Å². The van der Waals surface area contributed by atoms with E-state index in [4.69, 9.17) is 23.8 Å². The number of para-hydroxylation sites is 1. The molecular weight excluding hydrogens is 352 g/mol. The molecule has 0 aliphatic carbocycles. The average molecular weight is 365 g/mol. The van der Waals surface area contributed by atoms with Crippen molar-refractivity contribution in [2.45, 2.75) is 0 Å². The highest BCUT2D eigenvalue weighted by Crippen LogP contribution is 2.30. The number of fused-ring (bicyclic) bond motifs is 1. The van der Waals surface area contributed by atoms with Crippen LogP contribution in [-0.4, -0.2) is 11.0 Å². The highest BCUT2D eigenvalue weighted by atomic mass is 35.5. The number of benzene rings is 3. The normalized spacial score (nSPS) is 15.9. The maximum absolute atomic E-state index is 12.9. The molecular formula is C20H13ClN2OS. The van der Waals surface area contributed by atoms with E-state index in [1.165, 1.54) is 4.90 Å². The van der Waals surface area contributed by atoms with Crippen LogP contribution in [0.5, 0.6) is 0 Å². The van der Waals surface area contributed by atoms with Gasteiger partial charge in [0.15, 0.2) is 5.11 Å². The Labute approximate surface area is 155 Å². The zero-order chi connectivity index (χ0) is 17.4. The number of thiocarbonyl (C=S) groups is 1. The van der Waals surface area contributed by atoms with Gasteiger partial charge >= 0.3 is 0 Å². The molecule has 0 aromatic heterocycles. The Morgan fingerprint density at radius 1 is 0.960 bits per heavy atom. The molecule has 0 bridgehead atoms. The van der Waals surface area contributed by atoms with Crippen molar-refractivity contribution >= 4 is 57.4 Å². The summed E-state index contributed by atoms with van der Waals surface area (Å²) in [6, 6.07) is 21.2. The van der Waals surface area contributed by atoms with Crippen LogP contribution in [0.1, 0.15) is 5.56 Å². The number of nitrogens with one attached hydrogen (secondary N) is 1. The Kier molecular flexibility index (Phi) is 3.99. The van der Waals surface area contributed by atoms with Crippen molar-refractivity contribution in [3.63, 3.8) is 0 Å². The van der Waals surface area contributed by atoms with Gasteiger partial charge in [0.2, 0.25) is 0 Å². The fourth-order valence-electron chi connectivity index (χ4n) is 2.92. The van der Waals surface area contributed by atoms with Gasteiger partial charge in [0, 0.05) is 0 Å². The first-order valence-electron chi connectivity index (χ1n) is 7.74. The highest BCUT2D eigenvalue weighted by Gasteiger charge is 2.33. The van der Waals surface area contributed by atoms with Crippen LogP contribution < -0.4 is 10.2 Å².